The molecule has 1 atom stereocenters. The molecule has 90 valence electrons. The zero-order valence-corrected chi connectivity index (χ0v) is 11.7. The summed E-state index contributed by atoms with van der Waals surface area (Å²) in [6, 6.07) is 11.0. The Bertz CT molecular complexity index is 540. The minimum absolute atomic E-state index is 0.0982. The Morgan fingerprint density at radius 2 is 1.47 bits per heavy atom. The smallest absolute Gasteiger partial charge is 0.0608 e. The van der Waals surface area contributed by atoms with Crippen LogP contribution in [0.25, 0.3) is 10.8 Å². The van der Waals surface area contributed by atoms with E-state index < -0.39 is 0 Å². The van der Waals surface area contributed by atoms with Gasteiger partial charge < -0.3 is 0 Å². The first-order chi connectivity index (χ1) is 7.99. The van der Waals surface area contributed by atoms with Crippen LogP contribution in [-0.2, 0) is 0 Å². The molecule has 0 bridgehead atoms. The van der Waals surface area contributed by atoms with Crippen molar-refractivity contribution >= 4 is 22.4 Å². The molecule has 0 saturated carbocycles. The summed E-state index contributed by atoms with van der Waals surface area (Å²) >= 11 is 6.41. The van der Waals surface area contributed by atoms with Gasteiger partial charge in [0, 0.05) is 0 Å². The Labute approximate surface area is 109 Å². The molecule has 2 aromatic carbocycles. The van der Waals surface area contributed by atoms with Crippen LogP contribution in [0.3, 0.4) is 0 Å². The van der Waals surface area contributed by atoms with Crippen molar-refractivity contribution < 1.29 is 0 Å². The summed E-state index contributed by atoms with van der Waals surface area (Å²) in [5.41, 5.74) is 3.90. The fourth-order valence-electron chi connectivity index (χ4n) is 2.10. The number of aryl methyl sites for hydroxylation is 2. The molecule has 0 fully saturated rings. The summed E-state index contributed by atoms with van der Waals surface area (Å²) in [4.78, 5) is 0. The molecule has 0 aromatic heterocycles. The van der Waals surface area contributed by atoms with Crippen LogP contribution >= 0.6 is 11.6 Å². The van der Waals surface area contributed by atoms with Crippen LogP contribution in [0.5, 0.6) is 0 Å². The first kappa shape index (κ1) is 12.4. The molecule has 2 aromatic rings. The zero-order valence-electron chi connectivity index (χ0n) is 10.9. The topological polar surface area (TPSA) is 0 Å². The average Bonchev–Trinajstić information content (AvgIpc) is 2.29. The number of alkyl halides is 1. The summed E-state index contributed by atoms with van der Waals surface area (Å²) in [7, 11) is 0. The Morgan fingerprint density at radius 1 is 0.882 bits per heavy atom. The largest absolute Gasteiger partial charge is 0.118 e. The molecule has 0 N–H and O–H groups in total. The number of hydrogen-bond acceptors (Lipinski definition) is 0. The fourth-order valence-corrected chi connectivity index (χ4v) is 2.24. The summed E-state index contributed by atoms with van der Waals surface area (Å²) in [6.07, 6.45) is 0. The Morgan fingerprint density at radius 3 is 2.06 bits per heavy atom. The minimum atomic E-state index is 0.0982. The normalized spacial score (nSPS) is 13.3. The second-order valence-electron chi connectivity index (χ2n) is 5.19. The molecule has 0 nitrogen and oxygen atoms in total. The van der Waals surface area contributed by atoms with E-state index in [1.54, 1.807) is 0 Å². The van der Waals surface area contributed by atoms with E-state index >= 15 is 0 Å². The Balaban J connectivity index is 2.54. The van der Waals surface area contributed by atoms with Crippen molar-refractivity contribution in [2.24, 2.45) is 5.92 Å². The van der Waals surface area contributed by atoms with Gasteiger partial charge in [0.2, 0.25) is 0 Å². The first-order valence-corrected chi connectivity index (χ1v) is 6.57. The number of hydrogen-bond donors (Lipinski definition) is 0. The molecule has 17 heavy (non-hydrogen) atoms. The highest BCUT2D eigenvalue weighted by Crippen LogP contribution is 2.31. The lowest BCUT2D eigenvalue weighted by atomic mass is 9.97. The zero-order chi connectivity index (χ0) is 12.6. The highest BCUT2D eigenvalue weighted by molar-refractivity contribution is 6.21. The maximum atomic E-state index is 6.41. The molecule has 0 saturated heterocycles. The number of halogens is 1. The lowest BCUT2D eigenvalue weighted by Crippen LogP contribution is -1.99. The molecule has 0 heterocycles. The van der Waals surface area contributed by atoms with Crippen LogP contribution in [0.15, 0.2) is 30.3 Å². The maximum Gasteiger partial charge on any atom is 0.0608 e. The van der Waals surface area contributed by atoms with Crippen LogP contribution in [-0.4, -0.2) is 0 Å². The number of benzene rings is 2. The third-order valence-corrected chi connectivity index (χ3v) is 4.14. The van der Waals surface area contributed by atoms with Crippen molar-refractivity contribution in [2.75, 3.05) is 0 Å². The number of fused-ring (bicyclic) bond motifs is 1. The molecule has 1 unspecified atom stereocenters. The molecule has 0 spiro atoms. The third kappa shape index (κ3) is 2.47. The van der Waals surface area contributed by atoms with Gasteiger partial charge in [-0.2, -0.15) is 0 Å². The van der Waals surface area contributed by atoms with Crippen molar-refractivity contribution in [3.8, 4) is 0 Å². The summed E-state index contributed by atoms with van der Waals surface area (Å²) in [6.45, 7) is 8.62. The van der Waals surface area contributed by atoms with E-state index in [1.807, 2.05) is 0 Å². The summed E-state index contributed by atoms with van der Waals surface area (Å²) in [5.74, 6) is 0.459. The summed E-state index contributed by atoms with van der Waals surface area (Å²) < 4.78 is 0. The van der Waals surface area contributed by atoms with Crippen molar-refractivity contribution in [1.29, 1.82) is 0 Å². The average molecular weight is 247 g/mol. The van der Waals surface area contributed by atoms with E-state index in [9.17, 15) is 0 Å². The van der Waals surface area contributed by atoms with Crippen molar-refractivity contribution in [2.45, 2.75) is 33.1 Å². The van der Waals surface area contributed by atoms with Crippen LogP contribution in [0.1, 0.15) is 35.9 Å². The first-order valence-electron chi connectivity index (χ1n) is 6.14. The standard InChI is InChI=1S/C16H19Cl/c1-10(2)16(17)14-6-5-13-7-11(3)12(4)8-15(13)9-14/h5-10,16H,1-4H3. The van der Waals surface area contributed by atoms with Gasteiger partial charge in [-0.3, -0.25) is 0 Å². The predicted molar refractivity (Wildman–Crippen MR) is 76.9 cm³/mol. The molecule has 0 aliphatic heterocycles. The third-order valence-electron chi connectivity index (χ3n) is 3.38. The molecule has 0 aliphatic rings. The van der Waals surface area contributed by atoms with E-state index in [1.165, 1.54) is 27.5 Å². The van der Waals surface area contributed by atoms with Crippen LogP contribution in [0.2, 0.25) is 0 Å². The van der Waals surface area contributed by atoms with Gasteiger partial charge in [-0.05, 0) is 53.3 Å². The van der Waals surface area contributed by atoms with Gasteiger partial charge in [-0.1, -0.05) is 38.1 Å². The number of rotatable bonds is 2. The van der Waals surface area contributed by atoms with E-state index in [0.717, 1.165) is 0 Å². The monoisotopic (exact) mass is 246 g/mol. The van der Waals surface area contributed by atoms with Crippen LogP contribution in [0, 0.1) is 19.8 Å². The molecular weight excluding hydrogens is 228 g/mol. The Hall–Kier alpha value is -1.01. The molecule has 2 rings (SSSR count). The molecule has 0 aliphatic carbocycles. The second kappa shape index (κ2) is 4.70. The van der Waals surface area contributed by atoms with Gasteiger partial charge >= 0.3 is 0 Å². The molecule has 0 radical (unpaired) electrons. The second-order valence-corrected chi connectivity index (χ2v) is 5.66. The van der Waals surface area contributed by atoms with Gasteiger partial charge in [0.05, 0.1) is 5.38 Å². The van der Waals surface area contributed by atoms with E-state index in [0.29, 0.717) is 5.92 Å². The highest BCUT2D eigenvalue weighted by Gasteiger charge is 2.12. The van der Waals surface area contributed by atoms with Crippen LogP contribution in [0.4, 0.5) is 0 Å². The van der Waals surface area contributed by atoms with E-state index in [4.69, 9.17) is 11.6 Å². The molecular formula is C16H19Cl. The SMILES string of the molecule is Cc1cc2ccc(C(Cl)C(C)C)cc2cc1C. The highest BCUT2D eigenvalue weighted by atomic mass is 35.5. The van der Waals surface area contributed by atoms with E-state index in [2.05, 4.69) is 58.0 Å². The summed E-state index contributed by atoms with van der Waals surface area (Å²) in [5, 5.41) is 2.68. The van der Waals surface area contributed by atoms with Crippen molar-refractivity contribution in [3.05, 3.63) is 47.0 Å². The van der Waals surface area contributed by atoms with Gasteiger partial charge in [0.15, 0.2) is 0 Å². The van der Waals surface area contributed by atoms with Crippen molar-refractivity contribution in [3.63, 3.8) is 0 Å². The predicted octanol–water partition coefficient (Wildman–Crippen LogP) is 5.39. The quantitative estimate of drug-likeness (QED) is 0.623. The maximum absolute atomic E-state index is 6.41. The molecule has 0 amide bonds. The lowest BCUT2D eigenvalue weighted by molar-refractivity contribution is 0.624. The lowest BCUT2D eigenvalue weighted by Gasteiger charge is -2.15. The van der Waals surface area contributed by atoms with Crippen molar-refractivity contribution in [1.82, 2.24) is 0 Å². The van der Waals surface area contributed by atoms with Gasteiger partial charge in [0.1, 0.15) is 0 Å². The van der Waals surface area contributed by atoms with Gasteiger partial charge in [-0.15, -0.1) is 11.6 Å². The van der Waals surface area contributed by atoms with Crippen LogP contribution < -0.4 is 0 Å². The minimum Gasteiger partial charge on any atom is -0.118 e. The van der Waals surface area contributed by atoms with Gasteiger partial charge in [0.25, 0.3) is 0 Å². The fraction of sp³-hybridized carbons (Fsp3) is 0.375. The van der Waals surface area contributed by atoms with Gasteiger partial charge in [-0.25, -0.2) is 0 Å². The Kier molecular flexibility index (Phi) is 3.44. The molecule has 1 heteroatoms. The van der Waals surface area contributed by atoms with E-state index in [-0.39, 0.29) is 5.38 Å².